The molecule has 0 aliphatic heterocycles. The van der Waals surface area contributed by atoms with Crippen LogP contribution >= 0.6 is 11.6 Å². The Morgan fingerprint density at radius 3 is 2.35 bits per heavy atom. The van der Waals surface area contributed by atoms with E-state index in [-0.39, 0.29) is 17.4 Å². The highest BCUT2D eigenvalue weighted by Gasteiger charge is 2.34. The van der Waals surface area contributed by atoms with E-state index in [4.69, 9.17) is 21.1 Å². The summed E-state index contributed by atoms with van der Waals surface area (Å²) in [5.41, 5.74) is -2.23. The molecule has 0 N–H and O–H groups in total. The maximum atomic E-state index is 12.5. The number of halogens is 4. The van der Waals surface area contributed by atoms with Crippen LogP contribution in [-0.2, 0) is 15.7 Å². The minimum atomic E-state index is -4.49. The number of esters is 1. The van der Waals surface area contributed by atoms with E-state index in [9.17, 15) is 18.0 Å². The van der Waals surface area contributed by atoms with Gasteiger partial charge in [-0.05, 0) is 39.0 Å². The molecule has 0 saturated carbocycles. The van der Waals surface area contributed by atoms with E-state index in [0.29, 0.717) is 0 Å². The number of benzene rings is 1. The molecule has 0 aromatic heterocycles. The molecule has 0 fully saturated rings. The third-order valence-corrected chi connectivity index (χ3v) is 2.69. The summed E-state index contributed by atoms with van der Waals surface area (Å²) in [5, 5.41) is -0.225. The van der Waals surface area contributed by atoms with E-state index in [1.807, 2.05) is 0 Å². The van der Waals surface area contributed by atoms with E-state index in [1.54, 1.807) is 6.92 Å². The summed E-state index contributed by atoms with van der Waals surface area (Å²) in [5.74, 6) is -0.645. The molecule has 1 aromatic carbocycles. The van der Waals surface area contributed by atoms with Crippen LogP contribution in [0.15, 0.2) is 18.2 Å². The monoisotopic (exact) mass is 310 g/mol. The second kappa shape index (κ2) is 5.91. The molecule has 0 bridgehead atoms. The first-order chi connectivity index (χ1) is 9.08. The largest absolute Gasteiger partial charge is 0.475 e. The van der Waals surface area contributed by atoms with Crippen molar-refractivity contribution in [3.63, 3.8) is 0 Å². The maximum Gasteiger partial charge on any atom is 0.416 e. The molecular weight excluding hydrogens is 297 g/mol. The van der Waals surface area contributed by atoms with Crippen molar-refractivity contribution in [2.45, 2.75) is 32.5 Å². The fraction of sp³-hybridized carbons (Fsp3) is 0.462. The molecule has 0 amide bonds. The van der Waals surface area contributed by atoms with Gasteiger partial charge in [0, 0.05) is 0 Å². The molecule has 0 heterocycles. The van der Waals surface area contributed by atoms with Crippen molar-refractivity contribution in [3.8, 4) is 5.75 Å². The van der Waals surface area contributed by atoms with E-state index in [0.717, 1.165) is 18.2 Å². The summed E-state index contributed by atoms with van der Waals surface area (Å²) in [6.45, 7) is 4.70. The smallest absolute Gasteiger partial charge is 0.416 e. The van der Waals surface area contributed by atoms with Gasteiger partial charge in [-0.1, -0.05) is 11.6 Å². The van der Waals surface area contributed by atoms with E-state index in [1.165, 1.54) is 13.8 Å². The topological polar surface area (TPSA) is 35.5 Å². The van der Waals surface area contributed by atoms with Crippen LogP contribution in [0.25, 0.3) is 0 Å². The van der Waals surface area contributed by atoms with Gasteiger partial charge in [-0.25, -0.2) is 4.79 Å². The lowest BCUT2D eigenvalue weighted by atomic mass is 10.1. The van der Waals surface area contributed by atoms with Gasteiger partial charge >= 0.3 is 12.1 Å². The third-order valence-electron chi connectivity index (χ3n) is 2.39. The molecule has 112 valence electrons. The first-order valence-electron chi connectivity index (χ1n) is 5.81. The molecule has 20 heavy (non-hydrogen) atoms. The van der Waals surface area contributed by atoms with Crippen molar-refractivity contribution >= 4 is 17.6 Å². The fourth-order valence-electron chi connectivity index (χ4n) is 1.38. The molecule has 0 aliphatic carbocycles. The molecule has 0 saturated heterocycles. The van der Waals surface area contributed by atoms with Gasteiger partial charge in [0.25, 0.3) is 0 Å². The number of ether oxygens (including phenoxy) is 2. The predicted octanol–water partition coefficient (Wildman–Crippen LogP) is 4.08. The van der Waals surface area contributed by atoms with Crippen LogP contribution in [0.5, 0.6) is 5.75 Å². The van der Waals surface area contributed by atoms with Crippen molar-refractivity contribution in [2.24, 2.45) is 0 Å². The second-order valence-electron chi connectivity index (χ2n) is 4.48. The van der Waals surface area contributed by atoms with Crippen molar-refractivity contribution in [3.05, 3.63) is 28.8 Å². The van der Waals surface area contributed by atoms with Crippen LogP contribution in [0.1, 0.15) is 26.3 Å². The first kappa shape index (κ1) is 16.6. The molecule has 0 atom stereocenters. The van der Waals surface area contributed by atoms with E-state index >= 15 is 0 Å². The highest BCUT2D eigenvalue weighted by Crippen LogP contribution is 2.35. The Bertz CT molecular complexity index is 498. The number of hydrogen-bond donors (Lipinski definition) is 0. The lowest BCUT2D eigenvalue weighted by Crippen LogP contribution is -2.39. The summed E-state index contributed by atoms with van der Waals surface area (Å²) in [6.07, 6.45) is -4.49. The van der Waals surface area contributed by atoms with Crippen LogP contribution in [0, 0.1) is 0 Å². The van der Waals surface area contributed by atoms with Gasteiger partial charge in [-0.2, -0.15) is 13.2 Å². The lowest BCUT2D eigenvalue weighted by Gasteiger charge is -2.24. The van der Waals surface area contributed by atoms with Gasteiger partial charge < -0.3 is 9.47 Å². The van der Waals surface area contributed by atoms with Gasteiger partial charge in [-0.3, -0.25) is 0 Å². The van der Waals surface area contributed by atoms with Crippen molar-refractivity contribution in [1.29, 1.82) is 0 Å². The van der Waals surface area contributed by atoms with Gasteiger partial charge in [0.05, 0.1) is 17.2 Å². The van der Waals surface area contributed by atoms with Crippen molar-refractivity contribution in [2.75, 3.05) is 6.61 Å². The Hall–Kier alpha value is -1.43. The molecule has 3 nitrogen and oxygen atoms in total. The van der Waals surface area contributed by atoms with Crippen molar-refractivity contribution < 1.29 is 27.4 Å². The maximum absolute atomic E-state index is 12.5. The zero-order chi connectivity index (χ0) is 15.6. The number of carbonyl (C=O) groups excluding carboxylic acids is 1. The quantitative estimate of drug-likeness (QED) is 0.786. The summed E-state index contributed by atoms with van der Waals surface area (Å²) in [6, 6.07) is 2.66. The van der Waals surface area contributed by atoms with Crippen LogP contribution in [0.4, 0.5) is 13.2 Å². The summed E-state index contributed by atoms with van der Waals surface area (Å²) in [7, 11) is 0. The Balaban J connectivity index is 2.97. The Kier molecular flexibility index (Phi) is 4.91. The van der Waals surface area contributed by atoms with Gasteiger partial charge in [0.2, 0.25) is 0 Å². The van der Waals surface area contributed by atoms with Crippen LogP contribution in [-0.4, -0.2) is 18.2 Å². The standard InChI is InChI=1S/C13H14ClF3O3/c1-4-19-11(18)12(2,3)20-10-6-5-8(7-9(10)14)13(15,16)17/h5-7H,4H2,1-3H3. The van der Waals surface area contributed by atoms with E-state index in [2.05, 4.69) is 0 Å². The second-order valence-corrected chi connectivity index (χ2v) is 4.88. The number of hydrogen-bond acceptors (Lipinski definition) is 3. The van der Waals surface area contributed by atoms with Crippen LogP contribution in [0.3, 0.4) is 0 Å². The first-order valence-corrected chi connectivity index (χ1v) is 6.18. The normalized spacial score (nSPS) is 12.2. The lowest BCUT2D eigenvalue weighted by molar-refractivity contribution is -0.158. The molecule has 0 aliphatic rings. The fourth-order valence-corrected chi connectivity index (χ4v) is 1.60. The van der Waals surface area contributed by atoms with Gasteiger partial charge in [0.1, 0.15) is 5.75 Å². The average molecular weight is 311 g/mol. The van der Waals surface area contributed by atoms with Crippen LogP contribution in [0.2, 0.25) is 5.02 Å². The molecule has 0 unspecified atom stereocenters. The summed E-state index contributed by atoms with van der Waals surface area (Å²) < 4.78 is 47.6. The molecule has 1 rings (SSSR count). The Morgan fingerprint density at radius 2 is 1.90 bits per heavy atom. The summed E-state index contributed by atoms with van der Waals surface area (Å²) in [4.78, 5) is 11.6. The number of alkyl halides is 3. The van der Waals surface area contributed by atoms with E-state index < -0.39 is 23.3 Å². The minimum Gasteiger partial charge on any atom is -0.475 e. The highest BCUT2D eigenvalue weighted by atomic mass is 35.5. The highest BCUT2D eigenvalue weighted by molar-refractivity contribution is 6.32. The van der Waals surface area contributed by atoms with Gasteiger partial charge in [0.15, 0.2) is 5.60 Å². The number of rotatable bonds is 4. The zero-order valence-electron chi connectivity index (χ0n) is 11.2. The molecular formula is C13H14ClF3O3. The zero-order valence-corrected chi connectivity index (χ0v) is 11.9. The van der Waals surface area contributed by atoms with Crippen molar-refractivity contribution in [1.82, 2.24) is 0 Å². The minimum absolute atomic E-state index is 0.0160. The molecule has 1 aromatic rings. The molecule has 7 heteroatoms. The average Bonchev–Trinajstić information content (AvgIpc) is 2.30. The predicted molar refractivity (Wildman–Crippen MR) is 67.8 cm³/mol. The Morgan fingerprint density at radius 1 is 1.30 bits per heavy atom. The third kappa shape index (κ3) is 4.03. The molecule has 0 radical (unpaired) electrons. The SMILES string of the molecule is CCOC(=O)C(C)(C)Oc1ccc(C(F)(F)F)cc1Cl. The molecule has 0 spiro atoms. The number of carbonyl (C=O) groups is 1. The Labute approximate surface area is 119 Å². The van der Waals surface area contributed by atoms with Crippen LogP contribution < -0.4 is 4.74 Å². The summed E-state index contributed by atoms with van der Waals surface area (Å²) >= 11 is 5.75. The van der Waals surface area contributed by atoms with Gasteiger partial charge in [-0.15, -0.1) is 0 Å².